The Labute approximate surface area is 116 Å². The average molecular weight is 259 g/mol. The zero-order valence-corrected chi connectivity index (χ0v) is 12.3. The smallest absolute Gasteiger partial charge is 0.0595 e. The minimum absolute atomic E-state index is 0.362. The van der Waals surface area contributed by atoms with E-state index in [1.807, 2.05) is 19.9 Å². The van der Waals surface area contributed by atoms with E-state index in [9.17, 15) is 5.11 Å². The van der Waals surface area contributed by atoms with Gasteiger partial charge in [-0.3, -0.25) is 0 Å². The van der Waals surface area contributed by atoms with Gasteiger partial charge in [0.25, 0.3) is 0 Å². The number of likely N-dealkylation sites (tertiary alicyclic amines) is 1. The lowest BCUT2D eigenvalue weighted by Gasteiger charge is -2.28. The van der Waals surface area contributed by atoms with E-state index in [1.165, 1.54) is 11.3 Å². The van der Waals surface area contributed by atoms with E-state index in [2.05, 4.69) is 42.7 Å². The van der Waals surface area contributed by atoms with Gasteiger partial charge in [-0.2, -0.15) is 0 Å². The molecule has 0 aliphatic carbocycles. The molecule has 1 aromatic rings. The molecule has 1 N–H and O–H groups in total. The van der Waals surface area contributed by atoms with Crippen molar-refractivity contribution in [1.82, 2.24) is 4.90 Å². The number of nitrogens with zero attached hydrogens (tertiary/aromatic N) is 1. The fourth-order valence-corrected chi connectivity index (χ4v) is 3.11. The molecule has 1 heterocycles. The van der Waals surface area contributed by atoms with Crippen LogP contribution in [0.25, 0.3) is 0 Å². The van der Waals surface area contributed by atoms with Crippen LogP contribution < -0.4 is 0 Å². The normalized spacial score (nSPS) is 21.8. The van der Waals surface area contributed by atoms with Gasteiger partial charge in [0, 0.05) is 12.2 Å². The lowest BCUT2D eigenvalue weighted by molar-refractivity contribution is 0.0529. The molecule has 0 saturated carbocycles. The van der Waals surface area contributed by atoms with Gasteiger partial charge in [-0.25, -0.2) is 0 Å². The van der Waals surface area contributed by atoms with Crippen LogP contribution >= 0.6 is 0 Å². The summed E-state index contributed by atoms with van der Waals surface area (Å²) in [4.78, 5) is 2.38. The Bertz CT molecular complexity index is 432. The van der Waals surface area contributed by atoms with Crippen molar-refractivity contribution in [2.45, 2.75) is 45.3 Å². The van der Waals surface area contributed by atoms with Crippen LogP contribution in [0.2, 0.25) is 0 Å². The van der Waals surface area contributed by atoms with E-state index in [1.54, 1.807) is 0 Å². The van der Waals surface area contributed by atoms with E-state index in [-0.39, 0.29) is 0 Å². The number of aliphatic hydroxyl groups is 1. The molecule has 1 saturated heterocycles. The zero-order valence-electron chi connectivity index (χ0n) is 12.3. The summed E-state index contributed by atoms with van der Waals surface area (Å²) in [5.41, 5.74) is 1.94. The summed E-state index contributed by atoms with van der Waals surface area (Å²) in [7, 11) is 0. The van der Waals surface area contributed by atoms with Gasteiger partial charge in [-0.1, -0.05) is 36.9 Å². The topological polar surface area (TPSA) is 23.5 Å². The Kier molecular flexibility index (Phi) is 4.00. The molecule has 0 amide bonds. The number of rotatable bonds is 4. The van der Waals surface area contributed by atoms with Gasteiger partial charge < -0.3 is 10.0 Å². The summed E-state index contributed by atoms with van der Waals surface area (Å²) >= 11 is 0. The van der Waals surface area contributed by atoms with Crippen molar-refractivity contribution in [3.63, 3.8) is 0 Å². The summed E-state index contributed by atoms with van der Waals surface area (Å²) in [6.45, 7) is 11.2. The Balaban J connectivity index is 2.04. The van der Waals surface area contributed by atoms with Gasteiger partial charge in [-0.05, 0) is 45.1 Å². The second kappa shape index (κ2) is 5.38. The molecular weight excluding hydrogens is 234 g/mol. The molecule has 0 unspecified atom stereocenters. The molecule has 2 nitrogen and oxygen atoms in total. The van der Waals surface area contributed by atoms with Gasteiger partial charge in [0.05, 0.1) is 11.6 Å². The molecule has 1 aliphatic heterocycles. The van der Waals surface area contributed by atoms with Crippen LogP contribution in [0.15, 0.2) is 42.6 Å². The fraction of sp³-hybridized carbons (Fsp3) is 0.529. The molecule has 0 aromatic heterocycles. The standard InChI is InChI=1S/C17H25NO/c1-13-10-15(11-17(3,4)19)12-18(13)14(2)16-8-6-5-7-9-16/h5-9,14-15,19H,1,10-12H2,2-4H3/t14-,15+/m0/s1. The number of allylic oxidation sites excluding steroid dienone is 1. The molecule has 0 radical (unpaired) electrons. The summed E-state index contributed by atoms with van der Waals surface area (Å²) in [6, 6.07) is 10.9. The summed E-state index contributed by atoms with van der Waals surface area (Å²) in [5.74, 6) is 0.513. The lowest BCUT2D eigenvalue weighted by Crippen LogP contribution is -2.27. The molecule has 1 aliphatic rings. The molecule has 1 fully saturated rings. The monoisotopic (exact) mass is 259 g/mol. The highest BCUT2D eigenvalue weighted by Gasteiger charge is 2.32. The van der Waals surface area contributed by atoms with Crippen molar-refractivity contribution < 1.29 is 5.11 Å². The van der Waals surface area contributed by atoms with Crippen molar-refractivity contribution >= 4 is 0 Å². The van der Waals surface area contributed by atoms with Crippen molar-refractivity contribution in [3.8, 4) is 0 Å². The van der Waals surface area contributed by atoms with E-state index < -0.39 is 5.60 Å². The van der Waals surface area contributed by atoms with Crippen LogP contribution in [0.1, 0.15) is 45.2 Å². The Morgan fingerprint density at radius 3 is 2.58 bits per heavy atom. The van der Waals surface area contributed by atoms with E-state index in [0.29, 0.717) is 12.0 Å². The number of benzene rings is 1. The fourth-order valence-electron chi connectivity index (χ4n) is 3.11. The van der Waals surface area contributed by atoms with Crippen LogP contribution in [-0.2, 0) is 0 Å². The van der Waals surface area contributed by atoms with E-state index in [4.69, 9.17) is 0 Å². The minimum Gasteiger partial charge on any atom is -0.390 e. The molecule has 2 atom stereocenters. The highest BCUT2D eigenvalue weighted by Crippen LogP contribution is 2.36. The van der Waals surface area contributed by atoms with Gasteiger partial charge in [0.1, 0.15) is 0 Å². The van der Waals surface area contributed by atoms with E-state index in [0.717, 1.165) is 19.4 Å². The quantitative estimate of drug-likeness (QED) is 0.890. The third kappa shape index (κ3) is 3.60. The molecule has 1 aromatic carbocycles. The summed E-state index contributed by atoms with van der Waals surface area (Å²) in [5, 5.41) is 9.96. The van der Waals surface area contributed by atoms with Gasteiger partial charge in [-0.15, -0.1) is 0 Å². The van der Waals surface area contributed by atoms with Gasteiger partial charge in [0.2, 0.25) is 0 Å². The summed E-state index contributed by atoms with van der Waals surface area (Å²) < 4.78 is 0. The average Bonchev–Trinajstić information content (AvgIpc) is 2.68. The maximum atomic E-state index is 9.96. The van der Waals surface area contributed by atoms with Gasteiger partial charge in [0.15, 0.2) is 0 Å². The van der Waals surface area contributed by atoms with Crippen LogP contribution in [0, 0.1) is 5.92 Å². The third-order valence-corrected chi connectivity index (χ3v) is 3.92. The summed E-state index contributed by atoms with van der Waals surface area (Å²) in [6.07, 6.45) is 1.84. The first kappa shape index (κ1) is 14.1. The van der Waals surface area contributed by atoms with Crippen molar-refractivity contribution in [2.24, 2.45) is 5.92 Å². The number of hydrogen-bond donors (Lipinski definition) is 1. The SMILES string of the molecule is C=C1C[C@H](CC(C)(C)O)CN1[C@@H](C)c1ccccc1. The number of hydrogen-bond acceptors (Lipinski definition) is 2. The van der Waals surface area contributed by atoms with E-state index >= 15 is 0 Å². The highest BCUT2D eigenvalue weighted by molar-refractivity contribution is 5.21. The first-order valence-electron chi connectivity index (χ1n) is 7.08. The largest absolute Gasteiger partial charge is 0.390 e. The Morgan fingerprint density at radius 2 is 2.00 bits per heavy atom. The second-order valence-corrected chi connectivity index (χ2v) is 6.39. The van der Waals surface area contributed by atoms with Crippen molar-refractivity contribution in [3.05, 3.63) is 48.2 Å². The van der Waals surface area contributed by atoms with Crippen LogP contribution in [0.3, 0.4) is 0 Å². The third-order valence-electron chi connectivity index (χ3n) is 3.92. The van der Waals surface area contributed by atoms with Crippen molar-refractivity contribution in [1.29, 1.82) is 0 Å². The lowest BCUT2D eigenvalue weighted by atomic mass is 9.92. The maximum absolute atomic E-state index is 9.96. The molecule has 2 rings (SSSR count). The first-order chi connectivity index (χ1) is 8.87. The van der Waals surface area contributed by atoms with Crippen LogP contribution in [0.5, 0.6) is 0 Å². The second-order valence-electron chi connectivity index (χ2n) is 6.39. The molecule has 2 heteroatoms. The Hall–Kier alpha value is -1.28. The Morgan fingerprint density at radius 1 is 1.37 bits per heavy atom. The minimum atomic E-state index is -0.586. The maximum Gasteiger partial charge on any atom is 0.0595 e. The molecule has 19 heavy (non-hydrogen) atoms. The predicted molar refractivity (Wildman–Crippen MR) is 79.7 cm³/mol. The predicted octanol–water partition coefficient (Wildman–Crippen LogP) is 3.74. The molecular formula is C17H25NO. The molecule has 0 spiro atoms. The van der Waals surface area contributed by atoms with Crippen LogP contribution in [0.4, 0.5) is 0 Å². The first-order valence-corrected chi connectivity index (χ1v) is 7.08. The zero-order chi connectivity index (χ0) is 14.0. The molecule has 104 valence electrons. The highest BCUT2D eigenvalue weighted by atomic mass is 16.3. The van der Waals surface area contributed by atoms with Crippen molar-refractivity contribution in [2.75, 3.05) is 6.54 Å². The molecule has 0 bridgehead atoms. The van der Waals surface area contributed by atoms with Crippen LogP contribution in [-0.4, -0.2) is 22.2 Å². The van der Waals surface area contributed by atoms with Gasteiger partial charge >= 0.3 is 0 Å².